The zero-order valence-electron chi connectivity index (χ0n) is 14.5. The fourth-order valence-electron chi connectivity index (χ4n) is 3.21. The summed E-state index contributed by atoms with van der Waals surface area (Å²) < 4.78 is 10.1. The molecule has 0 bridgehead atoms. The number of esters is 1. The maximum atomic E-state index is 12.7. The van der Waals surface area contributed by atoms with Crippen LogP contribution in [0.2, 0.25) is 0 Å². The van der Waals surface area contributed by atoms with E-state index in [1.807, 2.05) is 6.07 Å². The van der Waals surface area contributed by atoms with Crippen LogP contribution >= 0.6 is 0 Å². The Kier molecular flexibility index (Phi) is 6.33. The van der Waals surface area contributed by atoms with Crippen LogP contribution in [-0.4, -0.2) is 24.5 Å². The van der Waals surface area contributed by atoms with E-state index >= 15 is 0 Å². The monoisotopic (exact) mass is 345 g/mol. The molecule has 2 rings (SSSR count). The average Bonchev–Trinajstić information content (AvgIpc) is 3.01. The van der Waals surface area contributed by atoms with Gasteiger partial charge in [-0.05, 0) is 32.3 Å². The lowest BCUT2D eigenvalue weighted by molar-refractivity contribution is -0.161. The lowest BCUT2D eigenvalue weighted by atomic mass is 9.74. The molecule has 0 heterocycles. The molecule has 6 heteroatoms. The van der Waals surface area contributed by atoms with Gasteiger partial charge in [-0.2, -0.15) is 0 Å². The zero-order chi connectivity index (χ0) is 18.3. The van der Waals surface area contributed by atoms with Crippen LogP contribution in [0.1, 0.15) is 44.7 Å². The van der Waals surface area contributed by atoms with Crippen molar-refractivity contribution in [2.75, 3.05) is 6.61 Å². The summed E-state index contributed by atoms with van der Waals surface area (Å²) in [4.78, 5) is 37.6. The first kappa shape index (κ1) is 18.7. The van der Waals surface area contributed by atoms with Gasteiger partial charge in [-0.3, -0.25) is 9.59 Å². The molecule has 0 unspecified atom stereocenters. The molecule has 0 radical (unpaired) electrons. The van der Waals surface area contributed by atoms with Crippen LogP contribution in [0, 0.1) is 5.41 Å². The van der Waals surface area contributed by atoms with Crippen molar-refractivity contribution in [2.24, 2.45) is 5.41 Å². The van der Waals surface area contributed by atoms with Gasteiger partial charge < -0.3 is 14.8 Å². The minimum Gasteiger partial charge on any atom is -0.465 e. The third-order valence-electron chi connectivity index (χ3n) is 4.31. The molecule has 25 heavy (non-hydrogen) atoms. The van der Waals surface area contributed by atoms with E-state index in [1.54, 1.807) is 44.2 Å². The lowest BCUT2D eigenvalue weighted by Crippen LogP contribution is -2.49. The predicted molar refractivity (Wildman–Crippen MR) is 91.5 cm³/mol. The molecule has 1 saturated carbocycles. The molecule has 2 atom stereocenters. The molecule has 1 amide bonds. The molecule has 1 aromatic rings. The van der Waals surface area contributed by atoms with Crippen LogP contribution in [0.25, 0.3) is 0 Å². The van der Waals surface area contributed by atoms with E-state index in [4.69, 9.17) is 9.47 Å². The number of alkyl carbamates (subject to hydrolysis) is 1. The second-order valence-corrected chi connectivity index (χ2v) is 5.83. The average molecular weight is 345 g/mol. The van der Waals surface area contributed by atoms with Crippen molar-refractivity contribution in [3.05, 3.63) is 48.2 Å². The van der Waals surface area contributed by atoms with Gasteiger partial charge in [-0.1, -0.05) is 36.4 Å². The Morgan fingerprint density at radius 1 is 1.32 bits per heavy atom. The first-order valence-electron chi connectivity index (χ1n) is 8.40. The quantitative estimate of drug-likeness (QED) is 0.486. The van der Waals surface area contributed by atoms with Crippen molar-refractivity contribution < 1.29 is 23.9 Å². The first-order chi connectivity index (χ1) is 12.1. The summed E-state index contributed by atoms with van der Waals surface area (Å²) >= 11 is 0. The Morgan fingerprint density at radius 3 is 2.60 bits per heavy atom. The van der Waals surface area contributed by atoms with Gasteiger partial charge in [0, 0.05) is 6.42 Å². The molecule has 1 aliphatic carbocycles. The number of amides is 1. The Bertz CT molecular complexity index is 655. The highest BCUT2D eigenvalue weighted by molar-refractivity contribution is 6.06. The zero-order valence-corrected chi connectivity index (χ0v) is 14.5. The van der Waals surface area contributed by atoms with Crippen molar-refractivity contribution >= 4 is 17.8 Å². The summed E-state index contributed by atoms with van der Waals surface area (Å²) in [7, 11) is 0. The molecular weight excluding hydrogens is 322 g/mol. The second-order valence-electron chi connectivity index (χ2n) is 5.83. The Labute approximate surface area is 147 Å². The number of allylic oxidation sites excluding steroid dienone is 1. The van der Waals surface area contributed by atoms with E-state index in [-0.39, 0.29) is 18.8 Å². The van der Waals surface area contributed by atoms with E-state index in [2.05, 4.69) is 5.32 Å². The van der Waals surface area contributed by atoms with Gasteiger partial charge in [-0.15, -0.1) is 0 Å². The molecule has 1 N–H and O–H groups in total. The summed E-state index contributed by atoms with van der Waals surface area (Å²) in [6, 6.07) is 8.10. The Balaban J connectivity index is 2.45. The van der Waals surface area contributed by atoms with Crippen LogP contribution < -0.4 is 5.32 Å². The second kappa shape index (κ2) is 8.46. The minimum atomic E-state index is -1.42. The molecule has 0 spiro atoms. The van der Waals surface area contributed by atoms with E-state index in [0.29, 0.717) is 18.4 Å². The summed E-state index contributed by atoms with van der Waals surface area (Å²) in [6.45, 7) is 3.57. The molecule has 134 valence electrons. The number of carbonyl (C=O) groups excluding carboxylic acids is 3. The summed E-state index contributed by atoms with van der Waals surface area (Å²) in [6.07, 6.45) is 3.27. The Morgan fingerprint density at radius 2 is 2.04 bits per heavy atom. The molecule has 0 saturated heterocycles. The van der Waals surface area contributed by atoms with Gasteiger partial charge in [0.05, 0.1) is 18.9 Å². The number of Topliss-reactive ketones (excluding diaryl/α,β-unsaturated/α-hetero) is 1. The number of ether oxygens (including phenoxy) is 2. The molecule has 1 aromatic carbocycles. The van der Waals surface area contributed by atoms with Crippen LogP contribution in [0.15, 0.2) is 42.7 Å². The highest BCUT2D eigenvalue weighted by atomic mass is 16.5. The summed E-state index contributed by atoms with van der Waals surface area (Å²) in [5.74, 6) is -0.816. The van der Waals surface area contributed by atoms with Crippen molar-refractivity contribution in [3.8, 4) is 0 Å². The van der Waals surface area contributed by atoms with E-state index < -0.39 is 23.5 Å². The molecule has 0 aromatic heterocycles. The number of hydrogen-bond acceptors (Lipinski definition) is 5. The van der Waals surface area contributed by atoms with Gasteiger partial charge in [-0.25, -0.2) is 4.79 Å². The maximum Gasteiger partial charge on any atom is 0.412 e. The number of nitrogens with one attached hydrogen (secondary N) is 1. The summed E-state index contributed by atoms with van der Waals surface area (Å²) in [5.41, 5.74) is -0.769. The van der Waals surface area contributed by atoms with Crippen molar-refractivity contribution in [1.29, 1.82) is 0 Å². The van der Waals surface area contributed by atoms with Gasteiger partial charge in [0.1, 0.15) is 0 Å². The third-order valence-corrected chi connectivity index (χ3v) is 4.31. The van der Waals surface area contributed by atoms with Crippen LogP contribution in [0.5, 0.6) is 0 Å². The minimum absolute atomic E-state index is 0.165. The van der Waals surface area contributed by atoms with E-state index in [0.717, 1.165) is 0 Å². The molecule has 1 aliphatic rings. The van der Waals surface area contributed by atoms with E-state index in [1.165, 1.54) is 6.26 Å². The third kappa shape index (κ3) is 3.90. The lowest BCUT2D eigenvalue weighted by Gasteiger charge is -2.34. The fraction of sp³-hybridized carbons (Fsp3) is 0.421. The topological polar surface area (TPSA) is 81.7 Å². The van der Waals surface area contributed by atoms with Crippen LogP contribution in [0.3, 0.4) is 0 Å². The number of rotatable bonds is 6. The number of benzene rings is 1. The van der Waals surface area contributed by atoms with Gasteiger partial charge in [0.25, 0.3) is 0 Å². The molecule has 1 fully saturated rings. The Hall–Kier alpha value is -2.63. The van der Waals surface area contributed by atoms with Crippen molar-refractivity contribution in [3.63, 3.8) is 0 Å². The number of hydrogen-bond donors (Lipinski definition) is 1. The first-order valence-corrected chi connectivity index (χ1v) is 8.40. The molecule has 6 nitrogen and oxygen atoms in total. The maximum absolute atomic E-state index is 12.7. The van der Waals surface area contributed by atoms with Gasteiger partial charge in [0.2, 0.25) is 0 Å². The van der Waals surface area contributed by atoms with Crippen LogP contribution in [-0.2, 0) is 19.1 Å². The van der Waals surface area contributed by atoms with E-state index in [9.17, 15) is 14.4 Å². The van der Waals surface area contributed by atoms with Gasteiger partial charge >= 0.3 is 12.1 Å². The van der Waals surface area contributed by atoms with Crippen molar-refractivity contribution in [1.82, 2.24) is 5.32 Å². The predicted octanol–water partition coefficient (Wildman–Crippen LogP) is 3.29. The summed E-state index contributed by atoms with van der Waals surface area (Å²) in [5, 5.41) is 2.69. The highest BCUT2D eigenvalue weighted by Crippen LogP contribution is 2.46. The smallest absolute Gasteiger partial charge is 0.412 e. The largest absolute Gasteiger partial charge is 0.465 e. The van der Waals surface area contributed by atoms with Crippen LogP contribution in [0.4, 0.5) is 4.79 Å². The van der Waals surface area contributed by atoms with Crippen molar-refractivity contribution in [2.45, 2.75) is 39.2 Å². The van der Waals surface area contributed by atoms with Gasteiger partial charge in [0.15, 0.2) is 11.2 Å². The SMILES string of the molecule is CC=COC(=O)N[C@@H](c1ccccc1)[C@]1(C(=O)OCC)CCCC1=O. The molecular formula is C19H23NO5. The molecule has 0 aliphatic heterocycles. The number of ketones is 1. The standard InChI is InChI=1S/C19H23NO5/c1-3-13-25-18(23)20-16(14-9-6-5-7-10-14)19(17(22)24-4-2)12-8-11-15(19)21/h3,5-7,9-10,13,16H,4,8,11-12H2,1-2H3,(H,20,23)/t16-,19-/m0/s1. The normalized spacial score (nSPS) is 21.1. The fourth-order valence-corrected chi connectivity index (χ4v) is 3.21. The highest BCUT2D eigenvalue weighted by Gasteiger charge is 2.56. The number of carbonyl (C=O) groups is 3.